The fourth-order valence-corrected chi connectivity index (χ4v) is 11.2. The van der Waals surface area contributed by atoms with Crippen molar-refractivity contribution in [2.24, 2.45) is 0 Å². The quantitative estimate of drug-likeness (QED) is 0.155. The first-order valence-electron chi connectivity index (χ1n) is 22.8. The Kier molecular flexibility index (Phi) is 9.14. The highest BCUT2D eigenvalue weighted by molar-refractivity contribution is 5.94. The van der Waals surface area contributed by atoms with Crippen LogP contribution in [0.1, 0.15) is 47.2 Å². The maximum absolute atomic E-state index is 2.50. The van der Waals surface area contributed by atoms with Crippen molar-refractivity contribution in [3.63, 3.8) is 0 Å². The van der Waals surface area contributed by atoms with Gasteiger partial charge in [0, 0.05) is 22.4 Å². The Hall–Kier alpha value is -8.00. The van der Waals surface area contributed by atoms with Gasteiger partial charge in [0.2, 0.25) is 0 Å². The molecule has 10 aromatic rings. The lowest BCUT2D eigenvalue weighted by molar-refractivity contribution is 0.563. The van der Waals surface area contributed by atoms with Crippen LogP contribution >= 0.6 is 0 Å². The van der Waals surface area contributed by atoms with Crippen LogP contribution in [0.3, 0.4) is 0 Å². The van der Waals surface area contributed by atoms with Gasteiger partial charge >= 0.3 is 0 Å². The van der Waals surface area contributed by atoms with Gasteiger partial charge in [0.25, 0.3) is 0 Å². The average molecular weight is 830 g/mol. The molecule has 0 aliphatic heterocycles. The van der Waals surface area contributed by atoms with Crippen molar-refractivity contribution in [2.45, 2.75) is 24.7 Å². The molecule has 0 atom stereocenters. The van der Waals surface area contributed by atoms with E-state index in [1.54, 1.807) is 0 Å². The van der Waals surface area contributed by atoms with E-state index in [0.29, 0.717) is 0 Å². The van der Waals surface area contributed by atoms with E-state index >= 15 is 0 Å². The standard InChI is InChI=1S/C64H47N/c1-63(2)57-32-15-17-34-59(57)64(60-35-18-16-33-58(60)63)56-31-14-12-30-53(56)54-39-37-48(42-61(54)64)47-27-20-28-49(41-47)65(62-36-19-13-29-52(62)45-23-8-4-9-24-45)50-38-40-51(44-21-6-3-7-22-44)55(43-50)46-25-10-5-11-26-46/h3-43H,1-2H3. The molecule has 0 saturated heterocycles. The predicted molar refractivity (Wildman–Crippen MR) is 272 cm³/mol. The molecule has 0 bridgehead atoms. The van der Waals surface area contributed by atoms with Gasteiger partial charge in [-0.3, -0.25) is 0 Å². The molecule has 0 unspecified atom stereocenters. The molecule has 12 rings (SSSR count). The molecule has 2 aliphatic carbocycles. The van der Waals surface area contributed by atoms with Crippen molar-refractivity contribution < 1.29 is 0 Å². The topological polar surface area (TPSA) is 3.24 Å². The molecule has 2 aliphatic rings. The molecule has 0 amide bonds. The van der Waals surface area contributed by atoms with Crippen LogP contribution in [0, 0.1) is 0 Å². The Morgan fingerprint density at radius 3 is 1.35 bits per heavy atom. The number of benzene rings is 10. The molecule has 0 fully saturated rings. The Bertz CT molecular complexity index is 3350. The van der Waals surface area contributed by atoms with E-state index in [9.17, 15) is 0 Å². The van der Waals surface area contributed by atoms with Crippen LogP contribution in [-0.4, -0.2) is 0 Å². The van der Waals surface area contributed by atoms with Crippen molar-refractivity contribution in [1.29, 1.82) is 0 Å². The molecule has 0 heterocycles. The fourth-order valence-electron chi connectivity index (χ4n) is 11.2. The number of fused-ring (bicyclic) bond motifs is 9. The smallest absolute Gasteiger partial charge is 0.0719 e. The second-order valence-corrected chi connectivity index (χ2v) is 18.0. The molecule has 1 nitrogen and oxygen atoms in total. The summed E-state index contributed by atoms with van der Waals surface area (Å²) in [5, 5.41) is 0. The minimum atomic E-state index is -0.461. The third-order valence-electron chi connectivity index (χ3n) is 14.2. The van der Waals surface area contributed by atoms with Gasteiger partial charge in [-0.2, -0.15) is 0 Å². The predicted octanol–water partition coefficient (Wildman–Crippen LogP) is 16.8. The van der Waals surface area contributed by atoms with Crippen molar-refractivity contribution in [2.75, 3.05) is 4.90 Å². The van der Waals surface area contributed by atoms with Crippen LogP contribution in [0.25, 0.3) is 55.6 Å². The van der Waals surface area contributed by atoms with Crippen LogP contribution in [0.2, 0.25) is 0 Å². The van der Waals surface area contributed by atoms with Crippen LogP contribution in [0.15, 0.2) is 249 Å². The lowest BCUT2D eigenvalue weighted by Crippen LogP contribution is -2.40. The highest BCUT2D eigenvalue weighted by Crippen LogP contribution is 2.62. The largest absolute Gasteiger partial charge is 0.310 e. The lowest BCUT2D eigenvalue weighted by Gasteiger charge is -2.46. The summed E-state index contributed by atoms with van der Waals surface area (Å²) in [5.74, 6) is 0. The highest BCUT2D eigenvalue weighted by atomic mass is 15.1. The number of nitrogens with zero attached hydrogens (tertiary/aromatic N) is 1. The molecule has 65 heavy (non-hydrogen) atoms. The number of hydrogen-bond acceptors (Lipinski definition) is 1. The summed E-state index contributed by atoms with van der Waals surface area (Å²) < 4.78 is 0. The van der Waals surface area contributed by atoms with E-state index in [-0.39, 0.29) is 5.41 Å². The SMILES string of the molecule is CC1(C)c2ccccc2C2(c3ccccc3-c3ccc(-c4cccc(N(c5ccc(-c6ccccc6)c(-c6ccccc6)c5)c5ccccc5-c5ccccc5)c4)cc32)c2ccccc21. The zero-order valence-electron chi connectivity index (χ0n) is 36.6. The van der Waals surface area contributed by atoms with Gasteiger partial charge in [-0.15, -0.1) is 0 Å². The van der Waals surface area contributed by atoms with Crippen molar-refractivity contribution in [3.05, 3.63) is 282 Å². The van der Waals surface area contributed by atoms with Gasteiger partial charge < -0.3 is 4.90 Å². The second kappa shape index (κ2) is 15.4. The van der Waals surface area contributed by atoms with Gasteiger partial charge in [-0.25, -0.2) is 0 Å². The fraction of sp³-hybridized carbons (Fsp3) is 0.0625. The van der Waals surface area contributed by atoms with Crippen LogP contribution in [-0.2, 0) is 10.8 Å². The van der Waals surface area contributed by atoms with E-state index in [1.165, 1.54) is 89.0 Å². The third-order valence-corrected chi connectivity index (χ3v) is 14.2. The minimum Gasteiger partial charge on any atom is -0.310 e. The molecule has 0 saturated carbocycles. The second-order valence-electron chi connectivity index (χ2n) is 18.0. The van der Waals surface area contributed by atoms with Gasteiger partial charge in [-0.1, -0.05) is 226 Å². The average Bonchev–Trinajstić information content (AvgIpc) is 3.67. The zero-order valence-corrected chi connectivity index (χ0v) is 36.6. The van der Waals surface area contributed by atoms with E-state index in [4.69, 9.17) is 0 Å². The van der Waals surface area contributed by atoms with Gasteiger partial charge in [0.05, 0.1) is 11.1 Å². The monoisotopic (exact) mass is 829 g/mol. The number of rotatable bonds is 7. The lowest BCUT2D eigenvalue weighted by atomic mass is 9.55. The normalized spacial score (nSPS) is 13.6. The molecular formula is C64H47N. The van der Waals surface area contributed by atoms with Crippen molar-refractivity contribution in [1.82, 2.24) is 0 Å². The highest BCUT2D eigenvalue weighted by Gasteiger charge is 2.53. The van der Waals surface area contributed by atoms with E-state index in [1.807, 2.05) is 0 Å². The summed E-state index contributed by atoms with van der Waals surface area (Å²) in [6.45, 7) is 4.78. The zero-order chi connectivity index (χ0) is 43.5. The molecule has 1 heteroatoms. The summed E-state index contributed by atoms with van der Waals surface area (Å²) in [5.41, 5.74) is 23.0. The maximum atomic E-state index is 2.50. The molecular weight excluding hydrogens is 783 g/mol. The van der Waals surface area contributed by atoms with Gasteiger partial charge in [-0.05, 0) is 120 Å². The van der Waals surface area contributed by atoms with Gasteiger partial charge in [0.15, 0.2) is 0 Å². The Morgan fingerprint density at radius 2 is 0.708 bits per heavy atom. The minimum absolute atomic E-state index is 0.152. The van der Waals surface area contributed by atoms with Crippen molar-refractivity contribution in [3.8, 4) is 55.6 Å². The maximum Gasteiger partial charge on any atom is 0.0719 e. The molecule has 0 N–H and O–H groups in total. The summed E-state index contributed by atoms with van der Waals surface area (Å²) in [4.78, 5) is 2.45. The van der Waals surface area contributed by atoms with Gasteiger partial charge in [0.1, 0.15) is 0 Å². The molecule has 1 spiro atoms. The van der Waals surface area contributed by atoms with E-state index < -0.39 is 5.41 Å². The molecule has 0 radical (unpaired) electrons. The molecule has 0 aromatic heterocycles. The Balaban J connectivity index is 1.07. The number of hydrogen-bond donors (Lipinski definition) is 0. The van der Waals surface area contributed by atoms with Crippen molar-refractivity contribution >= 4 is 17.1 Å². The number of anilines is 3. The first kappa shape index (κ1) is 38.7. The van der Waals surface area contributed by atoms with Crippen LogP contribution in [0.5, 0.6) is 0 Å². The molecule has 10 aromatic carbocycles. The Labute approximate surface area is 382 Å². The summed E-state index contributed by atoms with van der Waals surface area (Å²) in [6.07, 6.45) is 0. The first-order chi connectivity index (χ1) is 32.0. The van der Waals surface area contributed by atoms with E-state index in [2.05, 4.69) is 267 Å². The van der Waals surface area contributed by atoms with Crippen LogP contribution < -0.4 is 4.90 Å². The summed E-state index contributed by atoms with van der Waals surface area (Å²) >= 11 is 0. The third kappa shape index (κ3) is 6.07. The summed E-state index contributed by atoms with van der Waals surface area (Å²) in [7, 11) is 0. The summed E-state index contributed by atoms with van der Waals surface area (Å²) in [6, 6.07) is 92.0. The molecule has 308 valence electrons. The Morgan fingerprint density at radius 1 is 0.262 bits per heavy atom. The number of para-hydroxylation sites is 1. The van der Waals surface area contributed by atoms with Crippen LogP contribution in [0.4, 0.5) is 17.1 Å². The first-order valence-corrected chi connectivity index (χ1v) is 22.8. The van der Waals surface area contributed by atoms with E-state index in [0.717, 1.165) is 17.1 Å².